The number of fused-ring (bicyclic) bond motifs is 2. The van der Waals surface area contributed by atoms with Crippen molar-refractivity contribution in [2.24, 2.45) is 0 Å². The number of carbonyl (C=O) groups is 1. The van der Waals surface area contributed by atoms with Crippen LogP contribution in [0.5, 0.6) is 5.75 Å². The molecule has 3 heterocycles. The van der Waals surface area contributed by atoms with Crippen molar-refractivity contribution in [3.63, 3.8) is 0 Å². The summed E-state index contributed by atoms with van der Waals surface area (Å²) in [6, 6.07) is 10.2. The van der Waals surface area contributed by atoms with E-state index in [1.165, 1.54) is 5.69 Å². The normalized spacial score (nSPS) is 23.2. The van der Waals surface area contributed by atoms with Gasteiger partial charge in [0.15, 0.2) is 0 Å². The summed E-state index contributed by atoms with van der Waals surface area (Å²) in [7, 11) is 1.77. The van der Waals surface area contributed by atoms with Crippen molar-refractivity contribution in [3.8, 4) is 5.75 Å². The van der Waals surface area contributed by atoms with Crippen LogP contribution in [0.1, 0.15) is 68.0 Å². The highest BCUT2D eigenvalue weighted by molar-refractivity contribution is 5.97. The highest BCUT2D eigenvalue weighted by Gasteiger charge is 2.35. The van der Waals surface area contributed by atoms with Crippen molar-refractivity contribution in [2.75, 3.05) is 33.4 Å². The number of rotatable bonds is 4. The summed E-state index contributed by atoms with van der Waals surface area (Å²) in [5.41, 5.74) is 1.88. The minimum absolute atomic E-state index is 0.0642. The molecule has 0 aliphatic carbocycles. The Bertz CT molecular complexity index is 912. The van der Waals surface area contributed by atoms with Crippen LogP contribution in [-0.2, 0) is 11.3 Å². The molecule has 1 fully saturated rings. The fraction of sp³-hybridized carbons (Fsp3) is 0.615. The lowest BCUT2D eigenvalue weighted by atomic mass is 9.93. The fourth-order valence-electron chi connectivity index (χ4n) is 5.22. The summed E-state index contributed by atoms with van der Waals surface area (Å²) >= 11 is 0. The first kappa shape index (κ1) is 23.8. The Labute approximate surface area is 197 Å². The number of benzene rings is 1. The minimum Gasteiger partial charge on any atom is -0.491 e. The van der Waals surface area contributed by atoms with Gasteiger partial charge in [-0.2, -0.15) is 5.10 Å². The Kier molecular flexibility index (Phi) is 8.04. The van der Waals surface area contributed by atoms with Crippen LogP contribution in [-0.4, -0.2) is 71.0 Å². The van der Waals surface area contributed by atoms with E-state index in [4.69, 9.17) is 9.47 Å². The Balaban J connectivity index is 1.56. The van der Waals surface area contributed by atoms with E-state index < -0.39 is 0 Å². The molecule has 33 heavy (non-hydrogen) atoms. The predicted octanol–water partition coefficient (Wildman–Crippen LogP) is 4.15. The quantitative estimate of drug-likeness (QED) is 0.695. The van der Waals surface area contributed by atoms with Gasteiger partial charge < -0.3 is 14.4 Å². The van der Waals surface area contributed by atoms with Gasteiger partial charge in [0.05, 0.1) is 23.4 Å². The number of hydrogen-bond donors (Lipinski definition) is 0. The SMILES string of the molecule is CO[C@@H]1CCCN2C(=O)c3ccccc3OCCN(Cc3ccnn3C(C)C)CCCC[C@H]12. The molecule has 4 rings (SSSR count). The maximum absolute atomic E-state index is 13.6. The highest BCUT2D eigenvalue weighted by atomic mass is 16.5. The van der Waals surface area contributed by atoms with Gasteiger partial charge in [-0.05, 0) is 64.3 Å². The van der Waals surface area contributed by atoms with E-state index in [1.807, 2.05) is 35.4 Å². The largest absolute Gasteiger partial charge is 0.491 e. The van der Waals surface area contributed by atoms with Crippen molar-refractivity contribution in [1.82, 2.24) is 19.6 Å². The molecule has 2 atom stereocenters. The molecule has 0 saturated carbocycles. The van der Waals surface area contributed by atoms with Gasteiger partial charge in [0.2, 0.25) is 0 Å². The molecular formula is C26H38N4O3. The highest BCUT2D eigenvalue weighted by Crippen LogP contribution is 2.29. The van der Waals surface area contributed by atoms with Crippen LogP contribution in [0.25, 0.3) is 0 Å². The molecule has 0 bridgehead atoms. The number of amides is 1. The van der Waals surface area contributed by atoms with Crippen LogP contribution < -0.4 is 4.74 Å². The third-order valence-electron chi connectivity index (χ3n) is 6.91. The van der Waals surface area contributed by atoms with Gasteiger partial charge in [0.1, 0.15) is 12.4 Å². The molecule has 7 heteroatoms. The second-order valence-electron chi connectivity index (χ2n) is 9.46. The number of methoxy groups -OCH3 is 1. The van der Waals surface area contributed by atoms with Crippen LogP contribution in [0.3, 0.4) is 0 Å². The fourth-order valence-corrected chi connectivity index (χ4v) is 5.22. The predicted molar refractivity (Wildman–Crippen MR) is 129 cm³/mol. The smallest absolute Gasteiger partial charge is 0.257 e. The lowest BCUT2D eigenvalue weighted by Gasteiger charge is -2.41. The van der Waals surface area contributed by atoms with Crippen molar-refractivity contribution < 1.29 is 14.3 Å². The van der Waals surface area contributed by atoms with Crippen LogP contribution in [0, 0.1) is 0 Å². The van der Waals surface area contributed by atoms with Crippen molar-refractivity contribution in [1.29, 1.82) is 0 Å². The van der Waals surface area contributed by atoms with E-state index in [0.717, 1.165) is 58.3 Å². The summed E-state index contributed by atoms with van der Waals surface area (Å²) < 4.78 is 14.1. The Morgan fingerprint density at radius 3 is 2.76 bits per heavy atom. The van der Waals surface area contributed by atoms with Gasteiger partial charge in [-0.3, -0.25) is 14.4 Å². The molecule has 2 aliphatic rings. The molecule has 0 radical (unpaired) electrons. The number of piperidine rings is 1. The van der Waals surface area contributed by atoms with Gasteiger partial charge in [0, 0.05) is 39.0 Å². The Morgan fingerprint density at radius 1 is 1.09 bits per heavy atom. The van der Waals surface area contributed by atoms with E-state index in [1.54, 1.807) is 7.11 Å². The Hall–Kier alpha value is -2.38. The number of carbonyl (C=O) groups excluding carboxylic acids is 1. The lowest BCUT2D eigenvalue weighted by Crippen LogP contribution is -2.51. The van der Waals surface area contributed by atoms with Gasteiger partial charge in [-0.1, -0.05) is 18.6 Å². The zero-order valence-corrected chi connectivity index (χ0v) is 20.3. The molecule has 2 aliphatic heterocycles. The first-order valence-corrected chi connectivity index (χ1v) is 12.4. The monoisotopic (exact) mass is 454 g/mol. The molecule has 7 nitrogen and oxygen atoms in total. The molecule has 1 aromatic carbocycles. The molecule has 0 spiro atoms. The molecule has 180 valence electrons. The summed E-state index contributed by atoms with van der Waals surface area (Å²) in [5, 5.41) is 4.50. The molecule has 2 aromatic rings. The number of nitrogens with zero attached hydrogens (tertiary/aromatic N) is 4. The average Bonchev–Trinajstić information content (AvgIpc) is 3.29. The van der Waals surface area contributed by atoms with E-state index in [0.29, 0.717) is 24.0 Å². The molecule has 0 N–H and O–H groups in total. The molecule has 1 aromatic heterocycles. The van der Waals surface area contributed by atoms with Gasteiger partial charge in [0.25, 0.3) is 5.91 Å². The topological polar surface area (TPSA) is 59.8 Å². The zero-order valence-electron chi connectivity index (χ0n) is 20.3. The summed E-state index contributed by atoms with van der Waals surface area (Å²) in [6.07, 6.45) is 7.07. The van der Waals surface area contributed by atoms with Crippen LogP contribution in [0.2, 0.25) is 0 Å². The van der Waals surface area contributed by atoms with Crippen LogP contribution in [0.15, 0.2) is 36.5 Å². The standard InChI is InChI=1S/C26H38N4O3/c1-20(2)30-21(13-14-27-30)19-28-15-7-6-10-23-25(32-3)12-8-16-29(23)26(31)22-9-4-5-11-24(22)33-18-17-28/h4-5,9,11,13-14,20,23,25H,6-8,10,12,15-19H2,1-3H3/t23-,25-/m1/s1. The zero-order chi connectivity index (χ0) is 23.2. The second kappa shape index (κ2) is 11.2. The number of aromatic nitrogens is 2. The van der Waals surface area contributed by atoms with Crippen LogP contribution in [0.4, 0.5) is 0 Å². The molecule has 1 amide bonds. The second-order valence-corrected chi connectivity index (χ2v) is 9.46. The van der Waals surface area contributed by atoms with Crippen molar-refractivity contribution in [3.05, 3.63) is 47.8 Å². The number of ether oxygens (including phenoxy) is 2. The van der Waals surface area contributed by atoms with E-state index in [-0.39, 0.29) is 18.1 Å². The first-order valence-electron chi connectivity index (χ1n) is 12.4. The first-order chi connectivity index (χ1) is 16.1. The third-order valence-corrected chi connectivity index (χ3v) is 6.91. The van der Waals surface area contributed by atoms with E-state index >= 15 is 0 Å². The molecule has 0 unspecified atom stereocenters. The van der Waals surface area contributed by atoms with E-state index in [9.17, 15) is 4.79 Å². The van der Waals surface area contributed by atoms with Crippen LogP contribution >= 0.6 is 0 Å². The summed E-state index contributed by atoms with van der Waals surface area (Å²) in [4.78, 5) is 18.1. The van der Waals surface area contributed by atoms with Gasteiger partial charge in [-0.25, -0.2) is 0 Å². The summed E-state index contributed by atoms with van der Waals surface area (Å²) in [5.74, 6) is 0.737. The number of hydrogen-bond acceptors (Lipinski definition) is 5. The van der Waals surface area contributed by atoms with Gasteiger partial charge >= 0.3 is 0 Å². The average molecular weight is 455 g/mol. The molecular weight excluding hydrogens is 416 g/mol. The van der Waals surface area contributed by atoms with Crippen molar-refractivity contribution >= 4 is 5.91 Å². The summed E-state index contributed by atoms with van der Waals surface area (Å²) in [6.45, 7) is 8.29. The Morgan fingerprint density at radius 2 is 1.94 bits per heavy atom. The van der Waals surface area contributed by atoms with Crippen molar-refractivity contribution in [2.45, 2.75) is 70.7 Å². The third kappa shape index (κ3) is 5.58. The number of para-hydroxylation sites is 1. The maximum atomic E-state index is 13.6. The maximum Gasteiger partial charge on any atom is 0.257 e. The molecule has 1 saturated heterocycles. The lowest BCUT2D eigenvalue weighted by molar-refractivity contribution is -0.0155. The van der Waals surface area contributed by atoms with E-state index in [2.05, 4.69) is 34.6 Å². The minimum atomic E-state index is 0.0642. The van der Waals surface area contributed by atoms with Gasteiger partial charge in [-0.15, -0.1) is 0 Å².